The summed E-state index contributed by atoms with van der Waals surface area (Å²) in [6.45, 7) is 4.39. The van der Waals surface area contributed by atoms with Crippen molar-refractivity contribution in [3.63, 3.8) is 0 Å². The number of anilines is 1. The predicted octanol–water partition coefficient (Wildman–Crippen LogP) is 1.35. The van der Waals surface area contributed by atoms with Gasteiger partial charge in [0.2, 0.25) is 5.91 Å². The van der Waals surface area contributed by atoms with Crippen LogP contribution in [0.4, 0.5) is 5.69 Å². The first-order valence-electron chi connectivity index (χ1n) is 5.71. The highest BCUT2D eigenvalue weighted by molar-refractivity contribution is 5.90. The molecule has 1 saturated heterocycles. The van der Waals surface area contributed by atoms with Crippen molar-refractivity contribution in [1.82, 2.24) is 5.43 Å². The third kappa shape index (κ3) is 2.16. The average molecular weight is 248 g/mol. The summed E-state index contributed by atoms with van der Waals surface area (Å²) in [6.07, 6.45) is 0. The zero-order valence-electron chi connectivity index (χ0n) is 10.7. The number of nitrogens with one attached hydrogen (secondary N) is 1. The van der Waals surface area contributed by atoms with Gasteiger partial charge in [0.15, 0.2) is 0 Å². The molecule has 1 fully saturated rings. The highest BCUT2D eigenvalue weighted by Crippen LogP contribution is 2.26. The van der Waals surface area contributed by atoms with Gasteiger partial charge in [-0.2, -0.15) is 0 Å². The Kier molecular flexibility index (Phi) is 2.98. The Morgan fingerprint density at radius 1 is 1.33 bits per heavy atom. The first-order chi connectivity index (χ1) is 8.44. The molecule has 1 aromatic rings. The number of carbonyl (C=O) groups is 2. The van der Waals surface area contributed by atoms with Gasteiger partial charge in [0.25, 0.3) is 0 Å². The quantitative estimate of drug-likeness (QED) is 0.803. The SMILES string of the molecule is COC(=O)c1ccc(N2CC(C)(C)C(=O)N2)cc1. The fourth-order valence-corrected chi connectivity index (χ4v) is 1.83. The largest absolute Gasteiger partial charge is 0.465 e. The van der Waals surface area contributed by atoms with E-state index in [1.165, 1.54) is 7.11 Å². The minimum absolute atomic E-state index is 0.000422. The molecule has 1 aliphatic heterocycles. The second kappa shape index (κ2) is 4.33. The molecule has 96 valence electrons. The number of ether oxygens (including phenoxy) is 1. The maximum Gasteiger partial charge on any atom is 0.337 e. The Morgan fingerprint density at radius 2 is 1.94 bits per heavy atom. The van der Waals surface area contributed by atoms with Gasteiger partial charge >= 0.3 is 5.97 Å². The maximum atomic E-state index is 11.7. The van der Waals surface area contributed by atoms with Gasteiger partial charge in [-0.3, -0.25) is 15.2 Å². The fourth-order valence-electron chi connectivity index (χ4n) is 1.83. The highest BCUT2D eigenvalue weighted by Gasteiger charge is 2.37. The van der Waals surface area contributed by atoms with Gasteiger partial charge in [0.1, 0.15) is 0 Å². The lowest BCUT2D eigenvalue weighted by molar-refractivity contribution is -0.125. The summed E-state index contributed by atoms with van der Waals surface area (Å²) < 4.78 is 4.63. The molecule has 0 aromatic heterocycles. The number of hydrazine groups is 1. The van der Waals surface area contributed by atoms with E-state index in [-0.39, 0.29) is 11.9 Å². The smallest absolute Gasteiger partial charge is 0.337 e. The topological polar surface area (TPSA) is 58.6 Å². The van der Waals surface area contributed by atoms with Crippen molar-refractivity contribution in [3.05, 3.63) is 29.8 Å². The first-order valence-corrected chi connectivity index (χ1v) is 5.71. The molecule has 1 aliphatic rings. The van der Waals surface area contributed by atoms with E-state index in [0.29, 0.717) is 12.1 Å². The van der Waals surface area contributed by atoms with Crippen LogP contribution in [-0.4, -0.2) is 25.5 Å². The van der Waals surface area contributed by atoms with Crippen LogP contribution in [-0.2, 0) is 9.53 Å². The summed E-state index contributed by atoms with van der Waals surface area (Å²) in [6, 6.07) is 6.93. The normalized spacial score (nSPS) is 17.5. The van der Waals surface area contributed by atoms with Crippen molar-refractivity contribution >= 4 is 17.6 Å². The van der Waals surface area contributed by atoms with Gasteiger partial charge in [-0.05, 0) is 38.1 Å². The molecule has 0 saturated carbocycles. The lowest BCUT2D eigenvalue weighted by Crippen LogP contribution is -2.33. The van der Waals surface area contributed by atoms with E-state index in [4.69, 9.17) is 0 Å². The van der Waals surface area contributed by atoms with E-state index < -0.39 is 5.41 Å². The molecule has 2 rings (SSSR count). The third-order valence-corrected chi connectivity index (χ3v) is 3.00. The van der Waals surface area contributed by atoms with Crippen LogP contribution < -0.4 is 10.4 Å². The van der Waals surface area contributed by atoms with Crippen molar-refractivity contribution in [2.75, 3.05) is 18.7 Å². The van der Waals surface area contributed by atoms with Crippen LogP contribution in [0.25, 0.3) is 0 Å². The lowest BCUT2D eigenvalue weighted by atomic mass is 9.94. The fraction of sp³-hybridized carbons (Fsp3) is 0.385. The van der Waals surface area contributed by atoms with Crippen molar-refractivity contribution in [1.29, 1.82) is 0 Å². The molecule has 1 heterocycles. The monoisotopic (exact) mass is 248 g/mol. The molecule has 0 spiro atoms. The zero-order valence-corrected chi connectivity index (χ0v) is 10.7. The number of nitrogens with zero attached hydrogens (tertiary/aromatic N) is 1. The number of esters is 1. The molecule has 1 amide bonds. The van der Waals surface area contributed by atoms with Crippen LogP contribution in [0.3, 0.4) is 0 Å². The molecule has 5 nitrogen and oxygen atoms in total. The minimum Gasteiger partial charge on any atom is -0.465 e. The van der Waals surface area contributed by atoms with Gasteiger partial charge in [0.05, 0.1) is 30.3 Å². The van der Waals surface area contributed by atoms with E-state index in [0.717, 1.165) is 5.69 Å². The summed E-state index contributed by atoms with van der Waals surface area (Å²) in [5, 5.41) is 1.78. The molecule has 0 unspecified atom stereocenters. The van der Waals surface area contributed by atoms with E-state index in [2.05, 4.69) is 10.2 Å². The number of amides is 1. The molecular weight excluding hydrogens is 232 g/mol. The number of methoxy groups -OCH3 is 1. The van der Waals surface area contributed by atoms with Crippen LogP contribution in [0.5, 0.6) is 0 Å². The van der Waals surface area contributed by atoms with E-state index in [1.54, 1.807) is 29.3 Å². The minimum atomic E-state index is -0.402. The van der Waals surface area contributed by atoms with Gasteiger partial charge in [-0.25, -0.2) is 4.79 Å². The Balaban J connectivity index is 2.17. The summed E-state index contributed by atoms with van der Waals surface area (Å²) in [7, 11) is 1.35. The van der Waals surface area contributed by atoms with Crippen molar-refractivity contribution in [3.8, 4) is 0 Å². The van der Waals surface area contributed by atoms with Gasteiger partial charge in [0, 0.05) is 0 Å². The lowest BCUT2D eigenvalue weighted by Gasteiger charge is -2.18. The Morgan fingerprint density at radius 3 is 2.39 bits per heavy atom. The molecule has 1 aromatic carbocycles. The summed E-state index contributed by atoms with van der Waals surface area (Å²) in [5.41, 5.74) is 3.74. The Bertz CT molecular complexity index is 480. The molecule has 5 heteroatoms. The molecule has 0 radical (unpaired) electrons. The van der Waals surface area contributed by atoms with Gasteiger partial charge < -0.3 is 4.74 Å². The summed E-state index contributed by atoms with van der Waals surface area (Å²) in [4.78, 5) is 23.0. The van der Waals surface area contributed by atoms with E-state index in [1.807, 2.05) is 13.8 Å². The number of carbonyl (C=O) groups excluding carboxylic acids is 2. The van der Waals surface area contributed by atoms with Crippen LogP contribution >= 0.6 is 0 Å². The molecule has 0 bridgehead atoms. The van der Waals surface area contributed by atoms with E-state index in [9.17, 15) is 9.59 Å². The van der Waals surface area contributed by atoms with Gasteiger partial charge in [-0.15, -0.1) is 0 Å². The average Bonchev–Trinajstić information content (AvgIpc) is 2.63. The van der Waals surface area contributed by atoms with Crippen molar-refractivity contribution in [2.24, 2.45) is 5.41 Å². The number of hydrogen-bond acceptors (Lipinski definition) is 4. The van der Waals surface area contributed by atoms with Crippen molar-refractivity contribution in [2.45, 2.75) is 13.8 Å². The summed E-state index contributed by atoms with van der Waals surface area (Å²) in [5.74, 6) is -0.369. The maximum absolute atomic E-state index is 11.7. The van der Waals surface area contributed by atoms with E-state index >= 15 is 0 Å². The molecule has 0 atom stereocenters. The van der Waals surface area contributed by atoms with Crippen LogP contribution in [0.15, 0.2) is 24.3 Å². The second-order valence-electron chi connectivity index (χ2n) is 4.95. The molecular formula is C13H16N2O3. The summed E-state index contributed by atoms with van der Waals surface area (Å²) >= 11 is 0. The third-order valence-electron chi connectivity index (χ3n) is 3.00. The van der Waals surface area contributed by atoms with Crippen LogP contribution in [0.1, 0.15) is 24.2 Å². The molecule has 0 aliphatic carbocycles. The first kappa shape index (κ1) is 12.4. The van der Waals surface area contributed by atoms with Crippen LogP contribution in [0, 0.1) is 5.41 Å². The highest BCUT2D eigenvalue weighted by atomic mass is 16.5. The Hall–Kier alpha value is -2.04. The van der Waals surface area contributed by atoms with Crippen LogP contribution in [0.2, 0.25) is 0 Å². The number of hydrogen-bond donors (Lipinski definition) is 1. The van der Waals surface area contributed by atoms with Gasteiger partial charge in [-0.1, -0.05) is 0 Å². The Labute approximate surface area is 106 Å². The second-order valence-corrected chi connectivity index (χ2v) is 4.95. The predicted molar refractivity (Wildman–Crippen MR) is 67.1 cm³/mol. The van der Waals surface area contributed by atoms with Crippen molar-refractivity contribution < 1.29 is 14.3 Å². The molecule has 18 heavy (non-hydrogen) atoms. The number of rotatable bonds is 2. The standard InChI is InChI=1S/C13H16N2O3/c1-13(2)8-15(14-12(13)17)10-6-4-9(5-7-10)11(16)18-3/h4-7H,8H2,1-3H3,(H,14,17). The molecule has 1 N–H and O–H groups in total. The number of benzene rings is 1. The zero-order chi connectivity index (χ0) is 13.3.